The molecule has 0 radical (unpaired) electrons. The molecule has 0 amide bonds. The van der Waals surface area contributed by atoms with Crippen LogP contribution in [0.1, 0.15) is 18.8 Å². The van der Waals surface area contributed by atoms with Crippen LogP contribution in [-0.4, -0.2) is 9.97 Å². The van der Waals surface area contributed by atoms with Crippen molar-refractivity contribution in [3.8, 4) is 0 Å². The van der Waals surface area contributed by atoms with E-state index in [1.54, 1.807) is 12.3 Å². The molecule has 4 heteroatoms. The molecular formula is C6H10N4. The van der Waals surface area contributed by atoms with Crippen LogP contribution in [0.25, 0.3) is 0 Å². The van der Waals surface area contributed by atoms with Crippen molar-refractivity contribution in [3.63, 3.8) is 0 Å². The normalized spacial score (nSPS) is 13.0. The quantitative estimate of drug-likeness (QED) is 0.576. The first-order chi connectivity index (χ1) is 4.70. The van der Waals surface area contributed by atoms with E-state index in [9.17, 15) is 0 Å². The summed E-state index contributed by atoms with van der Waals surface area (Å²) < 4.78 is 0. The molecule has 0 saturated carbocycles. The molecule has 0 aliphatic carbocycles. The van der Waals surface area contributed by atoms with E-state index in [0.29, 0.717) is 11.6 Å². The van der Waals surface area contributed by atoms with Gasteiger partial charge in [0.15, 0.2) is 0 Å². The molecule has 0 saturated heterocycles. The van der Waals surface area contributed by atoms with Crippen LogP contribution in [0.5, 0.6) is 0 Å². The zero-order valence-electron chi connectivity index (χ0n) is 5.78. The lowest BCUT2D eigenvalue weighted by atomic mass is 10.3. The van der Waals surface area contributed by atoms with Gasteiger partial charge in [0.05, 0.1) is 6.04 Å². The van der Waals surface area contributed by atoms with Crippen LogP contribution in [0.3, 0.4) is 0 Å². The number of aromatic nitrogens is 2. The number of nitrogens with zero attached hydrogens (tertiary/aromatic N) is 2. The summed E-state index contributed by atoms with van der Waals surface area (Å²) in [6, 6.07) is 1.48. The minimum atomic E-state index is -0.150. The lowest BCUT2D eigenvalue weighted by Gasteiger charge is -2.01. The summed E-state index contributed by atoms with van der Waals surface area (Å²) >= 11 is 0. The minimum Gasteiger partial charge on any atom is -0.384 e. The highest BCUT2D eigenvalue weighted by Crippen LogP contribution is 2.02. The smallest absolute Gasteiger partial charge is 0.147 e. The Morgan fingerprint density at radius 3 is 2.70 bits per heavy atom. The summed E-state index contributed by atoms with van der Waals surface area (Å²) in [6.07, 6.45) is 1.60. The van der Waals surface area contributed by atoms with Crippen molar-refractivity contribution >= 4 is 5.82 Å². The molecule has 1 rings (SSSR count). The third-order valence-corrected chi connectivity index (χ3v) is 1.10. The molecule has 1 atom stereocenters. The Morgan fingerprint density at radius 2 is 2.30 bits per heavy atom. The number of nitrogen functional groups attached to an aromatic ring is 1. The van der Waals surface area contributed by atoms with E-state index in [4.69, 9.17) is 11.5 Å². The second-order valence-corrected chi connectivity index (χ2v) is 2.13. The average molecular weight is 138 g/mol. The third-order valence-electron chi connectivity index (χ3n) is 1.10. The molecule has 1 aromatic heterocycles. The first kappa shape index (κ1) is 6.95. The summed E-state index contributed by atoms with van der Waals surface area (Å²) in [5.41, 5.74) is 10.9. The van der Waals surface area contributed by atoms with Gasteiger partial charge in [0.25, 0.3) is 0 Å². The third kappa shape index (κ3) is 1.41. The van der Waals surface area contributed by atoms with E-state index in [1.807, 2.05) is 6.92 Å². The Balaban J connectivity index is 2.96. The van der Waals surface area contributed by atoms with E-state index < -0.39 is 0 Å². The number of hydrogen-bond donors (Lipinski definition) is 2. The van der Waals surface area contributed by atoms with Crippen molar-refractivity contribution in [2.45, 2.75) is 13.0 Å². The molecule has 1 aromatic rings. The molecule has 0 fully saturated rings. The maximum Gasteiger partial charge on any atom is 0.147 e. The maximum atomic E-state index is 5.50. The van der Waals surface area contributed by atoms with Crippen LogP contribution in [0.2, 0.25) is 0 Å². The van der Waals surface area contributed by atoms with Crippen molar-refractivity contribution in [1.29, 1.82) is 0 Å². The molecule has 0 aliphatic rings. The first-order valence-electron chi connectivity index (χ1n) is 3.04. The Morgan fingerprint density at radius 1 is 1.60 bits per heavy atom. The molecule has 4 nitrogen and oxygen atoms in total. The number of anilines is 1. The Bertz CT molecular complexity index is 221. The zero-order chi connectivity index (χ0) is 7.56. The van der Waals surface area contributed by atoms with Gasteiger partial charge in [-0.15, -0.1) is 0 Å². The average Bonchev–Trinajstić information content (AvgIpc) is 1.88. The van der Waals surface area contributed by atoms with Crippen molar-refractivity contribution in [2.75, 3.05) is 5.73 Å². The molecule has 4 N–H and O–H groups in total. The fraction of sp³-hybridized carbons (Fsp3) is 0.333. The highest BCUT2D eigenvalue weighted by atomic mass is 15.0. The number of rotatable bonds is 1. The SMILES string of the molecule is C[C@H](N)c1nccc(N)n1. The summed E-state index contributed by atoms with van der Waals surface area (Å²) in [7, 11) is 0. The van der Waals surface area contributed by atoms with Gasteiger partial charge in [-0.1, -0.05) is 0 Å². The van der Waals surface area contributed by atoms with Gasteiger partial charge >= 0.3 is 0 Å². The number of nitrogens with two attached hydrogens (primary N) is 2. The van der Waals surface area contributed by atoms with Crippen molar-refractivity contribution in [1.82, 2.24) is 9.97 Å². The molecule has 0 aromatic carbocycles. The van der Waals surface area contributed by atoms with E-state index in [0.717, 1.165) is 0 Å². The van der Waals surface area contributed by atoms with Crippen molar-refractivity contribution in [2.24, 2.45) is 5.73 Å². The predicted octanol–water partition coefficient (Wildman–Crippen LogP) is 0.0785. The second kappa shape index (κ2) is 2.62. The van der Waals surface area contributed by atoms with Gasteiger partial charge in [0, 0.05) is 6.20 Å². The van der Waals surface area contributed by atoms with Crippen LogP contribution in [0, 0.1) is 0 Å². The second-order valence-electron chi connectivity index (χ2n) is 2.13. The van der Waals surface area contributed by atoms with Gasteiger partial charge in [-0.2, -0.15) is 0 Å². The molecule has 10 heavy (non-hydrogen) atoms. The Labute approximate surface area is 59.3 Å². The Hall–Kier alpha value is -1.16. The van der Waals surface area contributed by atoms with Gasteiger partial charge in [-0.05, 0) is 13.0 Å². The van der Waals surface area contributed by atoms with Gasteiger partial charge < -0.3 is 11.5 Å². The van der Waals surface area contributed by atoms with Crippen LogP contribution in [0.15, 0.2) is 12.3 Å². The molecule has 54 valence electrons. The number of hydrogen-bond acceptors (Lipinski definition) is 4. The zero-order valence-corrected chi connectivity index (χ0v) is 5.78. The molecule has 0 bridgehead atoms. The molecule has 0 aliphatic heterocycles. The van der Waals surface area contributed by atoms with Crippen LogP contribution >= 0.6 is 0 Å². The fourth-order valence-electron chi connectivity index (χ4n) is 0.608. The van der Waals surface area contributed by atoms with E-state index >= 15 is 0 Å². The van der Waals surface area contributed by atoms with Crippen molar-refractivity contribution < 1.29 is 0 Å². The largest absolute Gasteiger partial charge is 0.384 e. The molecular weight excluding hydrogens is 128 g/mol. The van der Waals surface area contributed by atoms with Crippen LogP contribution in [-0.2, 0) is 0 Å². The lowest BCUT2D eigenvalue weighted by Crippen LogP contribution is -2.10. The van der Waals surface area contributed by atoms with Crippen LogP contribution < -0.4 is 11.5 Å². The van der Waals surface area contributed by atoms with Gasteiger partial charge in [0.1, 0.15) is 11.6 Å². The minimum absolute atomic E-state index is 0.150. The lowest BCUT2D eigenvalue weighted by molar-refractivity contribution is 0.741. The van der Waals surface area contributed by atoms with Gasteiger partial charge in [-0.25, -0.2) is 9.97 Å². The standard InChI is InChI=1S/C6H10N4/c1-4(7)6-9-3-2-5(8)10-6/h2-4H,7H2,1H3,(H2,8,9,10)/t4-/m0/s1. The van der Waals surface area contributed by atoms with Crippen molar-refractivity contribution in [3.05, 3.63) is 18.1 Å². The Kier molecular flexibility index (Phi) is 1.82. The van der Waals surface area contributed by atoms with E-state index in [2.05, 4.69) is 9.97 Å². The summed E-state index contributed by atoms with van der Waals surface area (Å²) in [5.74, 6) is 1.04. The fourth-order valence-corrected chi connectivity index (χ4v) is 0.608. The molecule has 0 spiro atoms. The summed E-state index contributed by atoms with van der Waals surface area (Å²) in [4.78, 5) is 7.84. The highest BCUT2D eigenvalue weighted by molar-refractivity contribution is 5.25. The van der Waals surface area contributed by atoms with Gasteiger partial charge in [-0.3, -0.25) is 0 Å². The molecule has 1 heterocycles. The summed E-state index contributed by atoms with van der Waals surface area (Å²) in [6.45, 7) is 1.81. The maximum absolute atomic E-state index is 5.50. The highest BCUT2D eigenvalue weighted by Gasteiger charge is 2.00. The summed E-state index contributed by atoms with van der Waals surface area (Å²) in [5, 5.41) is 0. The predicted molar refractivity (Wildman–Crippen MR) is 39.0 cm³/mol. The van der Waals surface area contributed by atoms with E-state index in [1.165, 1.54) is 0 Å². The van der Waals surface area contributed by atoms with Crippen LogP contribution in [0.4, 0.5) is 5.82 Å². The first-order valence-corrected chi connectivity index (χ1v) is 3.04. The van der Waals surface area contributed by atoms with Gasteiger partial charge in [0.2, 0.25) is 0 Å². The molecule has 0 unspecified atom stereocenters. The topological polar surface area (TPSA) is 77.8 Å². The van der Waals surface area contributed by atoms with E-state index in [-0.39, 0.29) is 6.04 Å². The monoisotopic (exact) mass is 138 g/mol.